The van der Waals surface area contributed by atoms with Crippen LogP contribution in [0.2, 0.25) is 0 Å². The zero-order valence-corrected chi connectivity index (χ0v) is 27.2. The molecule has 0 aromatic carbocycles. The summed E-state index contributed by atoms with van der Waals surface area (Å²) in [5, 5.41) is 0. The number of carbonyl (C=O) groups is 3. The van der Waals surface area contributed by atoms with E-state index in [9.17, 15) is 18.9 Å². The van der Waals surface area contributed by atoms with Gasteiger partial charge in [0.1, 0.15) is 11.6 Å². The topological polar surface area (TPSA) is 180 Å². The largest absolute Gasteiger partial charge is 0.398 e. The van der Waals surface area contributed by atoms with Crippen LogP contribution in [0.25, 0.3) is 0 Å². The van der Waals surface area contributed by atoms with Crippen molar-refractivity contribution in [3.63, 3.8) is 0 Å². The van der Waals surface area contributed by atoms with Gasteiger partial charge in [0.25, 0.3) is 48.9 Å². The molecule has 41 heavy (non-hydrogen) atoms. The first-order valence-corrected chi connectivity index (χ1v) is 17.5. The van der Waals surface area contributed by atoms with Crippen LogP contribution in [0.5, 0.6) is 0 Å². The van der Waals surface area contributed by atoms with E-state index in [4.69, 9.17) is 27.4 Å². The molecule has 0 saturated heterocycles. The predicted octanol–water partition coefficient (Wildman–Crippen LogP) is 13.3. The van der Waals surface area contributed by atoms with Crippen LogP contribution in [0.1, 0.15) is 119 Å². The van der Waals surface area contributed by atoms with E-state index >= 15 is 0 Å². The van der Waals surface area contributed by atoms with Crippen LogP contribution in [0.3, 0.4) is 0 Å². The van der Waals surface area contributed by atoms with Crippen molar-refractivity contribution in [3.8, 4) is 0 Å². The third-order valence-corrected chi connectivity index (χ3v) is 4.91. The van der Waals surface area contributed by atoms with E-state index in [1.807, 2.05) is 34.6 Å². The van der Waals surface area contributed by atoms with E-state index < -0.39 is 14.7 Å². The Morgan fingerprint density at radius 3 is 0.756 bits per heavy atom. The molecule has 0 aromatic heterocycles. The fourth-order valence-corrected chi connectivity index (χ4v) is 1.12. The third kappa shape index (κ3) is 101. The lowest BCUT2D eigenvalue weighted by atomic mass is 10.1. The van der Waals surface area contributed by atoms with Crippen molar-refractivity contribution in [3.05, 3.63) is 0 Å². The Bertz CT molecular complexity index is 558. The highest BCUT2D eigenvalue weighted by Gasteiger charge is 2.11. The Balaban J connectivity index is -0.0000000245. The maximum Gasteiger partial charge on any atom is 0.398 e. The molecular weight excluding hydrogens is 669 g/mol. The van der Waals surface area contributed by atoms with Gasteiger partial charge in [-0.25, -0.2) is 4.57 Å². The molecule has 0 spiro atoms. The normalized spacial score (nSPS) is 10.1. The third-order valence-electron chi connectivity index (χ3n) is 3.85. The van der Waals surface area contributed by atoms with Gasteiger partial charge in [-0.15, -0.1) is 0 Å². The molecule has 0 heterocycles. The molecule has 0 bridgehead atoms. The van der Waals surface area contributed by atoms with E-state index in [0.717, 1.165) is 12.8 Å². The lowest BCUT2D eigenvalue weighted by molar-refractivity contribution is -0.137. The van der Waals surface area contributed by atoms with E-state index in [2.05, 4.69) is 4.52 Å². The molecule has 0 aliphatic rings. The summed E-state index contributed by atoms with van der Waals surface area (Å²) in [4.78, 5) is 31.3. The standard InChI is InChI=1S/2C6H12O.C5H9O3P.6CH4.3O2P2/c2*1-4-5(2)6(3)7;1-3-4(2)5(6)8-9-7;;;;;;;3*1-3-4-2/h2*5H,4H2,1-3H3;4H,3H2,1-2H3;6*1H4;;;. The average molecular weight is 727 g/mol. The quantitative estimate of drug-likeness (QED) is 0.195. The fraction of sp³-hybridized carbons (Fsp3) is 0.870. The molecule has 250 valence electrons. The molecule has 0 fully saturated rings. The molecule has 3 unspecified atom stereocenters. The zero-order chi connectivity index (χ0) is 29.2. The average Bonchev–Trinajstić information content (AvgIpc) is 2.88. The van der Waals surface area contributed by atoms with Crippen molar-refractivity contribution < 1.29 is 50.9 Å². The van der Waals surface area contributed by atoms with Crippen molar-refractivity contribution in [2.45, 2.75) is 119 Å². The Labute approximate surface area is 262 Å². The second-order valence-corrected chi connectivity index (χ2v) is 10.4. The van der Waals surface area contributed by atoms with Gasteiger partial charge in [0.2, 0.25) is 0 Å². The lowest BCUT2D eigenvalue weighted by Crippen LogP contribution is -2.08. The van der Waals surface area contributed by atoms with Gasteiger partial charge in [0.05, 0.1) is 5.92 Å². The number of rotatable bonds is 10. The SMILES string of the molecule is C.C.C.C.C.C.CCC(C)C(=O)OP=O.CCC(C)C(C)=O.CCC(C)C(C)=O.O=PP=O.O=PP=O.O=PP=O. The van der Waals surface area contributed by atoms with Crippen molar-refractivity contribution in [2.75, 3.05) is 0 Å². The van der Waals surface area contributed by atoms with Crippen LogP contribution in [0, 0.1) is 17.8 Å². The van der Waals surface area contributed by atoms with Crippen LogP contribution >= 0.6 is 57.6 Å². The number of carbonyl (C=O) groups excluding carboxylic acids is 3. The Hall–Kier alpha value is -0.490. The van der Waals surface area contributed by atoms with Crippen LogP contribution in [0.4, 0.5) is 0 Å². The fourth-order valence-electron chi connectivity index (χ4n) is 0.868. The van der Waals surface area contributed by atoms with Gasteiger partial charge in [-0.1, -0.05) is 86.1 Å². The minimum Gasteiger partial charge on any atom is -0.373 e. The number of hydrogen-bond donors (Lipinski definition) is 0. The van der Waals surface area contributed by atoms with Crippen LogP contribution in [-0.4, -0.2) is 17.5 Å². The molecule has 0 amide bonds. The second-order valence-electron chi connectivity index (χ2n) is 6.12. The molecule has 0 aliphatic heterocycles. The minimum atomic E-state index is -0.556. The monoisotopic (exact) mass is 726 g/mol. The minimum absolute atomic E-state index is 0. The van der Waals surface area contributed by atoms with Crippen LogP contribution < -0.4 is 0 Å². The number of Topliss-reactive ketones (excluding diaryl/α,β-unsaturated/α-hetero) is 2. The first kappa shape index (κ1) is 77.8. The smallest absolute Gasteiger partial charge is 0.373 e. The molecule has 0 rings (SSSR count). The van der Waals surface area contributed by atoms with Crippen molar-refractivity contribution in [1.29, 1.82) is 0 Å². The predicted molar refractivity (Wildman–Crippen MR) is 179 cm³/mol. The summed E-state index contributed by atoms with van der Waals surface area (Å²) in [6.45, 7) is 14.8. The first-order chi connectivity index (χ1) is 16.3. The summed E-state index contributed by atoms with van der Waals surface area (Å²) in [7, 11) is -2.57. The van der Waals surface area contributed by atoms with Crippen LogP contribution in [0.15, 0.2) is 0 Å². The number of ketones is 2. The Kier molecular flexibility index (Phi) is 137. The molecule has 3 atom stereocenters. The summed E-state index contributed by atoms with van der Waals surface area (Å²) >= 11 is 0. The number of hydrogen-bond acceptors (Lipinski definition) is 11. The highest BCUT2D eigenvalue weighted by Crippen LogP contribution is 2.10. The van der Waals surface area contributed by atoms with Crippen molar-refractivity contribution in [2.24, 2.45) is 17.8 Å². The maximum absolute atomic E-state index is 10.5. The molecule has 0 aliphatic carbocycles. The highest BCUT2D eigenvalue weighted by atomic mass is 32.0. The zero-order valence-electron chi connectivity index (χ0n) is 21.0. The van der Waals surface area contributed by atoms with Gasteiger partial charge in [-0.2, -0.15) is 0 Å². The van der Waals surface area contributed by atoms with Gasteiger partial charge < -0.3 is 4.52 Å². The molecule has 18 heteroatoms. The first-order valence-electron chi connectivity index (χ1n) is 9.82. The molecule has 11 nitrogen and oxygen atoms in total. The van der Waals surface area contributed by atoms with Crippen molar-refractivity contribution in [1.82, 2.24) is 0 Å². The van der Waals surface area contributed by atoms with E-state index in [1.54, 1.807) is 20.8 Å². The molecular formula is C23H57O11P7. The molecule has 0 N–H and O–H groups in total. The Morgan fingerprint density at radius 1 is 0.488 bits per heavy atom. The molecule has 0 radical (unpaired) electrons. The van der Waals surface area contributed by atoms with Gasteiger partial charge in [-0.3, -0.25) is 41.8 Å². The maximum atomic E-state index is 10.5. The second kappa shape index (κ2) is 72.1. The van der Waals surface area contributed by atoms with E-state index in [-0.39, 0.29) is 111 Å². The van der Waals surface area contributed by atoms with Crippen LogP contribution in [-0.2, 0) is 50.9 Å². The molecule has 0 aromatic rings. The summed E-state index contributed by atoms with van der Waals surface area (Å²) in [5.74, 6) is 0.561. The van der Waals surface area contributed by atoms with Gasteiger partial charge in [-0.05, 0) is 33.1 Å². The summed E-state index contributed by atoms with van der Waals surface area (Å²) < 4.78 is 67.5. The lowest BCUT2D eigenvalue weighted by Gasteiger charge is -2.00. The molecule has 0 saturated carbocycles. The summed E-state index contributed by atoms with van der Waals surface area (Å²) in [6, 6.07) is 0. The van der Waals surface area contributed by atoms with Crippen molar-refractivity contribution >= 4 is 75.1 Å². The van der Waals surface area contributed by atoms with Gasteiger partial charge >= 0.3 is 14.7 Å². The highest BCUT2D eigenvalue weighted by molar-refractivity contribution is 7.99. The Morgan fingerprint density at radius 2 is 0.683 bits per heavy atom. The summed E-state index contributed by atoms with van der Waals surface area (Å²) in [5.41, 5.74) is 0. The van der Waals surface area contributed by atoms with E-state index in [1.165, 1.54) is 0 Å². The van der Waals surface area contributed by atoms with E-state index in [0.29, 0.717) is 18.0 Å². The summed E-state index contributed by atoms with van der Waals surface area (Å²) in [6.07, 6.45) is 2.65. The van der Waals surface area contributed by atoms with Gasteiger partial charge in [0, 0.05) is 11.8 Å². The van der Waals surface area contributed by atoms with Gasteiger partial charge in [0.15, 0.2) is 0 Å².